The highest BCUT2D eigenvalue weighted by Gasteiger charge is 2.23. The van der Waals surface area contributed by atoms with E-state index in [0.29, 0.717) is 22.5 Å². The Hall–Kier alpha value is -3.98. The second-order valence-corrected chi connectivity index (χ2v) is 11.4. The zero-order chi connectivity index (χ0) is 28.5. The van der Waals surface area contributed by atoms with Gasteiger partial charge in [0.25, 0.3) is 5.91 Å². The summed E-state index contributed by atoms with van der Waals surface area (Å²) in [5.74, 6) is -1.16. The number of benzene rings is 3. The zero-order valence-corrected chi connectivity index (χ0v) is 23.2. The summed E-state index contributed by atoms with van der Waals surface area (Å²) in [4.78, 5) is 38.2. The van der Waals surface area contributed by atoms with E-state index in [0.717, 1.165) is 28.7 Å². The Morgan fingerprint density at radius 3 is 2.40 bits per heavy atom. The first kappa shape index (κ1) is 30.6. The number of carbonyl (C=O) groups is 2. The zero-order valence-electron chi connectivity index (χ0n) is 22.3. The van der Waals surface area contributed by atoms with Gasteiger partial charge in [-0.25, -0.2) is 9.37 Å². The van der Waals surface area contributed by atoms with Crippen LogP contribution in [0.15, 0.2) is 59.0 Å². The predicted molar refractivity (Wildman–Crippen MR) is 155 cm³/mol. The van der Waals surface area contributed by atoms with Gasteiger partial charge in [0.1, 0.15) is 33.0 Å². The lowest BCUT2D eigenvalue weighted by Crippen LogP contribution is -2.27. The molecular formula is C29H34N3O7P. The van der Waals surface area contributed by atoms with E-state index in [9.17, 15) is 24.2 Å². The highest BCUT2D eigenvalue weighted by molar-refractivity contribution is 7.50. The van der Waals surface area contributed by atoms with E-state index in [4.69, 9.17) is 4.42 Å². The maximum Gasteiger partial charge on any atom is 0.336 e. The van der Waals surface area contributed by atoms with Gasteiger partial charge in [0.2, 0.25) is 5.36 Å². The lowest BCUT2D eigenvalue weighted by molar-refractivity contribution is -0.196. The number of carboxylic acid groups (broad SMARTS) is 1. The fourth-order valence-corrected chi connectivity index (χ4v) is 4.70. The number of hydrogen-bond donors (Lipinski definition) is 2. The molecule has 40 heavy (non-hydrogen) atoms. The summed E-state index contributed by atoms with van der Waals surface area (Å²) < 4.78 is 24.1. The van der Waals surface area contributed by atoms with E-state index in [-0.39, 0.29) is 31.7 Å². The fraction of sp³-hybridized carbons (Fsp3) is 0.276. The number of nitrogens with one attached hydrogen (secondary N) is 1. The molecule has 0 bridgehead atoms. The summed E-state index contributed by atoms with van der Waals surface area (Å²) in [6.07, 6.45) is 0. The number of rotatable bonds is 8. The van der Waals surface area contributed by atoms with Crippen molar-refractivity contribution in [1.29, 1.82) is 0 Å². The molecule has 2 aromatic rings. The molecule has 0 saturated heterocycles. The minimum Gasteiger partial charge on any atom is -0.779 e. The summed E-state index contributed by atoms with van der Waals surface area (Å²) in [6.45, 7) is 0.669. The van der Waals surface area contributed by atoms with Gasteiger partial charge in [-0.05, 0) is 35.9 Å². The van der Waals surface area contributed by atoms with E-state index in [1.54, 1.807) is 12.1 Å². The Balaban J connectivity index is 0.00000441. The fourth-order valence-electron chi connectivity index (χ4n) is 4.27. The quantitative estimate of drug-likeness (QED) is 0.143. The molecule has 2 N–H and O–H groups in total. The normalized spacial score (nSPS) is 12.4. The van der Waals surface area contributed by atoms with Crippen molar-refractivity contribution in [3.05, 3.63) is 71.1 Å². The minimum absolute atomic E-state index is 0. The van der Waals surface area contributed by atoms with Crippen molar-refractivity contribution >= 4 is 36.1 Å². The molecule has 0 spiro atoms. The van der Waals surface area contributed by atoms with E-state index >= 15 is 0 Å². The molecule has 0 fully saturated rings. The highest BCUT2D eigenvalue weighted by atomic mass is 31.2. The van der Waals surface area contributed by atoms with Crippen LogP contribution in [0.5, 0.6) is 0 Å². The van der Waals surface area contributed by atoms with Crippen molar-refractivity contribution in [1.82, 2.24) is 9.89 Å². The van der Waals surface area contributed by atoms with Gasteiger partial charge >= 0.3 is 5.97 Å². The second kappa shape index (κ2) is 12.0. The molecule has 1 heterocycles. The maximum atomic E-state index is 12.7. The molecule has 2 aromatic carbocycles. The van der Waals surface area contributed by atoms with E-state index in [1.807, 2.05) is 74.1 Å². The van der Waals surface area contributed by atoms with Gasteiger partial charge in [-0.15, -0.1) is 0 Å². The number of amides is 1. The average Bonchev–Trinajstić information content (AvgIpc) is 2.87. The average molecular weight is 568 g/mol. The van der Waals surface area contributed by atoms with Crippen LogP contribution in [-0.4, -0.2) is 65.0 Å². The van der Waals surface area contributed by atoms with Crippen molar-refractivity contribution in [3.63, 3.8) is 0 Å². The Labute approximate surface area is 233 Å². The Morgan fingerprint density at radius 2 is 1.77 bits per heavy atom. The molecule has 1 atom stereocenters. The van der Waals surface area contributed by atoms with E-state index in [2.05, 4.69) is 9.84 Å². The number of carbonyl (C=O) groups excluding carboxylic acids is 1. The number of hydrogen-bond acceptors (Lipinski definition) is 7. The topological polar surface area (TPSA) is 135 Å². The molecule has 11 heteroatoms. The van der Waals surface area contributed by atoms with Crippen molar-refractivity contribution in [2.75, 3.05) is 52.9 Å². The molecule has 0 radical (unpaired) electrons. The number of carboxylic acids is 1. The molecule has 10 nitrogen and oxygen atoms in total. The molecule has 1 amide bonds. The molecular weight excluding hydrogens is 533 g/mol. The van der Waals surface area contributed by atoms with Crippen LogP contribution in [0.2, 0.25) is 0 Å². The van der Waals surface area contributed by atoms with Gasteiger partial charge in [-0.3, -0.25) is 4.79 Å². The van der Waals surface area contributed by atoms with Crippen LogP contribution in [0.4, 0.5) is 5.69 Å². The molecule has 2 aliphatic rings. The molecule has 4 rings (SSSR count). The second-order valence-electron chi connectivity index (χ2n) is 9.55. The van der Waals surface area contributed by atoms with Gasteiger partial charge in [0.05, 0.1) is 18.2 Å². The molecule has 0 aromatic heterocycles. The van der Waals surface area contributed by atoms with Crippen LogP contribution in [0.25, 0.3) is 33.4 Å². The number of nitrogens with zero attached hydrogens (tertiary/aromatic N) is 2. The van der Waals surface area contributed by atoms with Gasteiger partial charge in [0, 0.05) is 67.2 Å². The lowest BCUT2D eigenvalue weighted by atomic mass is 9.89. The first-order valence-corrected chi connectivity index (χ1v) is 14.1. The monoisotopic (exact) mass is 567 g/mol. The summed E-state index contributed by atoms with van der Waals surface area (Å²) in [6, 6.07) is 15.9. The molecule has 212 valence electrons. The highest BCUT2D eigenvalue weighted by Crippen LogP contribution is 2.42. The standard InChI is InChI=1S/C28H30N3O7P.CH4/c1-30(2)18-7-10-21-24(15-18)38-25-16-19(31(3)4)8-11-22(25)26(21)20-9-6-17(14-23(20)28(33)34)27(32)29-12-13-37-39(5,35)36;/h6-11,14-16H,12-13H2,1-5H3,(H2-,29,32,33,34,35,36);1H4. The Bertz CT molecular complexity index is 1670. The Kier molecular flexibility index (Phi) is 9.20. The molecule has 1 aliphatic heterocycles. The summed E-state index contributed by atoms with van der Waals surface area (Å²) in [5, 5.41) is 14.4. The summed E-state index contributed by atoms with van der Waals surface area (Å²) in [5.41, 5.74) is 3.41. The molecule has 1 unspecified atom stereocenters. The van der Waals surface area contributed by atoms with Crippen molar-refractivity contribution in [2.24, 2.45) is 0 Å². The minimum atomic E-state index is -3.91. The number of aromatic carboxylic acids is 1. The van der Waals surface area contributed by atoms with Crippen LogP contribution >= 0.6 is 7.60 Å². The van der Waals surface area contributed by atoms with Crippen molar-refractivity contribution in [2.45, 2.75) is 7.43 Å². The first-order valence-electron chi connectivity index (χ1n) is 12.1. The van der Waals surface area contributed by atoms with Gasteiger partial charge in [-0.1, -0.05) is 13.5 Å². The molecule has 1 aliphatic carbocycles. The van der Waals surface area contributed by atoms with Crippen LogP contribution in [0.1, 0.15) is 28.1 Å². The molecule has 0 saturated carbocycles. The summed E-state index contributed by atoms with van der Waals surface area (Å²) in [7, 11) is 3.79. The van der Waals surface area contributed by atoms with Crippen LogP contribution in [-0.2, 0) is 9.09 Å². The van der Waals surface area contributed by atoms with Gasteiger partial charge in [0.15, 0.2) is 0 Å². The third kappa shape index (κ3) is 6.59. The van der Waals surface area contributed by atoms with Gasteiger partial charge < -0.3 is 33.7 Å². The van der Waals surface area contributed by atoms with Crippen LogP contribution in [0.3, 0.4) is 0 Å². The lowest BCUT2D eigenvalue weighted by Gasteiger charge is -2.19. The summed E-state index contributed by atoms with van der Waals surface area (Å²) >= 11 is 0. The van der Waals surface area contributed by atoms with Crippen molar-refractivity contribution < 1.29 is 33.1 Å². The van der Waals surface area contributed by atoms with E-state index in [1.165, 1.54) is 6.07 Å². The van der Waals surface area contributed by atoms with Gasteiger partial charge in [-0.2, -0.15) is 0 Å². The Morgan fingerprint density at radius 1 is 1.07 bits per heavy atom. The van der Waals surface area contributed by atoms with Crippen molar-refractivity contribution in [3.8, 4) is 22.5 Å². The van der Waals surface area contributed by atoms with Crippen LogP contribution in [0, 0.1) is 0 Å². The number of fused-ring (bicyclic) bond motifs is 2. The predicted octanol–water partition coefficient (Wildman–Crippen LogP) is 3.57. The largest absolute Gasteiger partial charge is 0.779 e. The first-order chi connectivity index (χ1) is 18.4. The third-order valence-electron chi connectivity index (χ3n) is 6.22. The van der Waals surface area contributed by atoms with E-state index < -0.39 is 19.5 Å². The third-order valence-corrected chi connectivity index (χ3v) is 6.87. The smallest absolute Gasteiger partial charge is 0.336 e. The SMILES string of the molecule is C.CN(C)c1ccc2c(-c3ccc(C(=O)NCCOP(C)(=O)[O-])cc3C(=O)O)c3ccc(=[N+](C)C)cc-3oc2c1. The number of anilines is 1. The van der Waals surface area contributed by atoms with Crippen LogP contribution < -0.4 is 25.0 Å². The maximum absolute atomic E-state index is 12.7.